The minimum absolute atomic E-state index is 0.104. The van der Waals surface area contributed by atoms with Gasteiger partial charge in [0.1, 0.15) is 5.69 Å². The number of aromatic nitrogens is 2. The monoisotopic (exact) mass is 302 g/mol. The Bertz CT molecular complexity index is 666. The number of nitrogens with zero attached hydrogens (tertiary/aromatic N) is 2. The van der Waals surface area contributed by atoms with Crippen molar-refractivity contribution in [1.82, 2.24) is 9.78 Å². The van der Waals surface area contributed by atoms with Gasteiger partial charge >= 0.3 is 0 Å². The van der Waals surface area contributed by atoms with Crippen molar-refractivity contribution in [3.05, 3.63) is 41.7 Å². The van der Waals surface area contributed by atoms with Crippen LogP contribution in [0.4, 0.5) is 0 Å². The number of methoxy groups -OCH3 is 1. The molecule has 1 aliphatic rings. The van der Waals surface area contributed by atoms with Crippen molar-refractivity contribution in [2.24, 2.45) is 0 Å². The number of aryl methyl sites for hydroxylation is 1. The van der Waals surface area contributed by atoms with Gasteiger partial charge in [0.2, 0.25) is 0 Å². The largest absolute Gasteiger partial charge is 0.493 e. The molecular weight excluding hydrogens is 284 g/mol. The van der Waals surface area contributed by atoms with Gasteiger partial charge in [0.05, 0.1) is 19.2 Å². The molecule has 21 heavy (non-hydrogen) atoms. The lowest BCUT2D eigenvalue weighted by Gasteiger charge is -2.12. The highest BCUT2D eigenvalue weighted by molar-refractivity contribution is 7.99. The fourth-order valence-corrected chi connectivity index (χ4v) is 3.92. The molecule has 5 heteroatoms. The minimum Gasteiger partial charge on any atom is -0.493 e. The van der Waals surface area contributed by atoms with E-state index in [9.17, 15) is 4.79 Å². The van der Waals surface area contributed by atoms with Crippen LogP contribution in [0, 0.1) is 0 Å². The topological polar surface area (TPSA) is 44.1 Å². The average Bonchev–Trinajstić information content (AvgIpc) is 3.10. The first-order valence-corrected chi connectivity index (χ1v) is 8.10. The van der Waals surface area contributed by atoms with Crippen molar-refractivity contribution in [1.29, 1.82) is 0 Å². The lowest BCUT2D eigenvalue weighted by atomic mass is 9.94. The molecule has 1 aromatic carbocycles. The van der Waals surface area contributed by atoms with Crippen LogP contribution in [0.5, 0.6) is 5.75 Å². The second-order valence-electron chi connectivity index (χ2n) is 5.05. The Labute approximate surface area is 128 Å². The van der Waals surface area contributed by atoms with Crippen molar-refractivity contribution in [3.8, 4) is 5.75 Å². The molecule has 1 unspecified atom stereocenters. The smallest absolute Gasteiger partial charge is 0.192 e. The zero-order chi connectivity index (χ0) is 14.8. The molecule has 2 heterocycles. The standard InChI is InChI=1S/C16H18N2O2S/c1-3-8-18-15(13(20-2)9-17-18)16(19)12-10-21-14-7-5-4-6-11(12)14/h4-7,9,12H,3,8,10H2,1-2H3. The summed E-state index contributed by atoms with van der Waals surface area (Å²) in [5.74, 6) is 1.36. The average molecular weight is 302 g/mol. The van der Waals surface area contributed by atoms with E-state index in [1.807, 2.05) is 18.2 Å². The molecule has 0 aliphatic carbocycles. The van der Waals surface area contributed by atoms with Gasteiger partial charge < -0.3 is 4.74 Å². The first-order chi connectivity index (χ1) is 10.3. The van der Waals surface area contributed by atoms with Crippen molar-refractivity contribution in [3.63, 3.8) is 0 Å². The molecule has 0 saturated carbocycles. The van der Waals surface area contributed by atoms with Crippen LogP contribution in [0.15, 0.2) is 35.4 Å². The number of fused-ring (bicyclic) bond motifs is 1. The quantitative estimate of drug-likeness (QED) is 0.794. The van der Waals surface area contributed by atoms with Crippen molar-refractivity contribution in [2.75, 3.05) is 12.9 Å². The molecule has 0 amide bonds. The second-order valence-corrected chi connectivity index (χ2v) is 6.11. The molecule has 0 saturated heterocycles. The summed E-state index contributed by atoms with van der Waals surface area (Å²) >= 11 is 1.74. The number of rotatable bonds is 5. The number of hydrogen-bond acceptors (Lipinski definition) is 4. The van der Waals surface area contributed by atoms with Crippen LogP contribution in [0.2, 0.25) is 0 Å². The van der Waals surface area contributed by atoms with E-state index in [1.54, 1.807) is 29.8 Å². The maximum Gasteiger partial charge on any atom is 0.192 e. The summed E-state index contributed by atoms with van der Waals surface area (Å²) in [7, 11) is 1.58. The van der Waals surface area contributed by atoms with E-state index in [2.05, 4.69) is 18.1 Å². The first-order valence-electron chi connectivity index (χ1n) is 7.12. The van der Waals surface area contributed by atoms with Crippen LogP contribution in [-0.2, 0) is 6.54 Å². The molecule has 0 fully saturated rings. The lowest BCUT2D eigenvalue weighted by Crippen LogP contribution is -2.18. The summed E-state index contributed by atoms with van der Waals surface area (Å²) in [4.78, 5) is 14.2. The summed E-state index contributed by atoms with van der Waals surface area (Å²) in [5.41, 5.74) is 1.72. The van der Waals surface area contributed by atoms with E-state index in [4.69, 9.17) is 4.74 Å². The highest BCUT2D eigenvalue weighted by atomic mass is 32.2. The Balaban J connectivity index is 1.98. The van der Waals surface area contributed by atoms with E-state index in [1.165, 1.54) is 4.90 Å². The first kappa shape index (κ1) is 14.2. The van der Waals surface area contributed by atoms with Gasteiger partial charge in [0.25, 0.3) is 0 Å². The van der Waals surface area contributed by atoms with Crippen LogP contribution < -0.4 is 4.74 Å². The van der Waals surface area contributed by atoms with Gasteiger partial charge in [-0.05, 0) is 18.1 Å². The fraction of sp³-hybridized carbons (Fsp3) is 0.375. The third-order valence-corrected chi connectivity index (χ3v) is 4.89. The molecule has 0 bridgehead atoms. The Morgan fingerprint density at radius 3 is 3.05 bits per heavy atom. The second kappa shape index (κ2) is 5.93. The van der Waals surface area contributed by atoms with E-state index in [0.29, 0.717) is 11.4 Å². The molecule has 0 N–H and O–H groups in total. The van der Waals surface area contributed by atoms with E-state index < -0.39 is 0 Å². The highest BCUT2D eigenvalue weighted by Gasteiger charge is 2.33. The molecule has 3 rings (SSSR count). The predicted octanol–water partition coefficient (Wildman–Crippen LogP) is 3.37. The number of ether oxygens (including phenoxy) is 1. The van der Waals surface area contributed by atoms with Crippen LogP contribution in [-0.4, -0.2) is 28.4 Å². The Kier molecular flexibility index (Phi) is 4.01. The van der Waals surface area contributed by atoms with Gasteiger partial charge in [0.15, 0.2) is 11.5 Å². The van der Waals surface area contributed by atoms with Crippen LogP contribution >= 0.6 is 11.8 Å². The fourth-order valence-electron chi connectivity index (χ4n) is 2.69. The molecule has 2 aromatic rings. The van der Waals surface area contributed by atoms with E-state index in [0.717, 1.165) is 24.3 Å². The zero-order valence-electron chi connectivity index (χ0n) is 12.2. The Morgan fingerprint density at radius 2 is 2.29 bits per heavy atom. The number of hydrogen-bond donors (Lipinski definition) is 0. The van der Waals surface area contributed by atoms with Gasteiger partial charge in [0, 0.05) is 17.2 Å². The maximum absolute atomic E-state index is 13.0. The summed E-state index contributed by atoms with van der Waals surface area (Å²) in [6.07, 6.45) is 2.57. The number of thioether (sulfide) groups is 1. The SMILES string of the molecule is CCCn1ncc(OC)c1C(=O)C1CSc2ccccc21. The van der Waals surface area contributed by atoms with Gasteiger partial charge in [-0.15, -0.1) is 11.8 Å². The maximum atomic E-state index is 13.0. The van der Waals surface area contributed by atoms with Crippen molar-refractivity contribution < 1.29 is 9.53 Å². The lowest BCUT2D eigenvalue weighted by molar-refractivity contribution is 0.0954. The summed E-state index contributed by atoms with van der Waals surface area (Å²) in [6, 6.07) is 8.13. The van der Waals surface area contributed by atoms with Gasteiger partial charge in [-0.3, -0.25) is 9.48 Å². The molecule has 0 spiro atoms. The number of carbonyl (C=O) groups excluding carboxylic acids is 1. The number of ketones is 1. The predicted molar refractivity (Wildman–Crippen MR) is 83.3 cm³/mol. The molecular formula is C16H18N2O2S. The minimum atomic E-state index is -0.104. The zero-order valence-corrected chi connectivity index (χ0v) is 13.0. The highest BCUT2D eigenvalue weighted by Crippen LogP contribution is 2.41. The number of benzene rings is 1. The number of Topliss-reactive ketones (excluding diaryl/α,β-unsaturated/α-hetero) is 1. The van der Waals surface area contributed by atoms with Gasteiger partial charge in [-0.2, -0.15) is 5.10 Å². The summed E-state index contributed by atoms with van der Waals surface area (Å²) in [5, 5.41) is 4.29. The van der Waals surface area contributed by atoms with E-state index in [-0.39, 0.29) is 11.7 Å². The van der Waals surface area contributed by atoms with E-state index >= 15 is 0 Å². The number of carbonyl (C=O) groups is 1. The molecule has 0 radical (unpaired) electrons. The van der Waals surface area contributed by atoms with Crippen LogP contribution in [0.3, 0.4) is 0 Å². The molecule has 4 nitrogen and oxygen atoms in total. The Hall–Kier alpha value is -1.75. The Morgan fingerprint density at radius 1 is 1.48 bits per heavy atom. The van der Waals surface area contributed by atoms with Crippen molar-refractivity contribution >= 4 is 17.5 Å². The molecule has 1 aliphatic heterocycles. The van der Waals surface area contributed by atoms with Gasteiger partial charge in [-0.1, -0.05) is 25.1 Å². The van der Waals surface area contributed by atoms with Crippen LogP contribution in [0.25, 0.3) is 0 Å². The summed E-state index contributed by atoms with van der Waals surface area (Å²) in [6.45, 7) is 2.80. The molecule has 1 aromatic heterocycles. The molecule has 1 atom stereocenters. The van der Waals surface area contributed by atoms with Gasteiger partial charge in [-0.25, -0.2) is 0 Å². The third-order valence-electron chi connectivity index (χ3n) is 3.71. The summed E-state index contributed by atoms with van der Waals surface area (Å²) < 4.78 is 7.10. The van der Waals surface area contributed by atoms with Crippen LogP contribution in [0.1, 0.15) is 35.3 Å². The molecule has 110 valence electrons. The van der Waals surface area contributed by atoms with Crippen molar-refractivity contribution in [2.45, 2.75) is 30.7 Å². The normalized spacial score (nSPS) is 16.8. The third kappa shape index (κ3) is 2.46.